The van der Waals surface area contributed by atoms with E-state index in [1.54, 1.807) is 6.26 Å². The molecule has 3 aliphatic rings. The standard InChI is InChI=1S/C27H40N4O2.CH4O/c32-26(20-22-4-2-1-3-5-22)29-23-8-6-21(7-9-23)11-14-30-15-17-31(18-16-30)27-24-12-19-33-25(24)10-13-28-27;1-2/h10,12-13,19,21-23H,1-9,11,14-18,20H2,(H,29,32);2H,1H3. The molecule has 5 rings (SSSR count). The van der Waals surface area contributed by atoms with Crippen molar-refractivity contribution in [2.45, 2.75) is 76.7 Å². The molecule has 2 aromatic rings. The Morgan fingerprint density at radius 2 is 1.74 bits per heavy atom. The zero-order valence-corrected chi connectivity index (χ0v) is 21.5. The fourth-order valence-corrected chi connectivity index (χ4v) is 6.22. The van der Waals surface area contributed by atoms with Crippen LogP contribution in [0.1, 0.15) is 70.6 Å². The number of aromatic nitrogens is 1. The van der Waals surface area contributed by atoms with Crippen molar-refractivity contribution in [3.8, 4) is 0 Å². The van der Waals surface area contributed by atoms with Crippen LogP contribution in [0.25, 0.3) is 11.0 Å². The molecule has 3 heterocycles. The Morgan fingerprint density at radius 1 is 1.00 bits per heavy atom. The van der Waals surface area contributed by atoms with Gasteiger partial charge in [-0.15, -0.1) is 0 Å². The Kier molecular flexibility index (Phi) is 9.83. The van der Waals surface area contributed by atoms with Crippen molar-refractivity contribution in [3.63, 3.8) is 0 Å². The quantitative estimate of drug-likeness (QED) is 0.598. The first-order valence-electron chi connectivity index (χ1n) is 13.8. The Morgan fingerprint density at radius 3 is 2.49 bits per heavy atom. The third kappa shape index (κ3) is 7.20. The van der Waals surface area contributed by atoms with Gasteiger partial charge in [-0.1, -0.05) is 19.3 Å². The first kappa shape index (κ1) is 26.0. The summed E-state index contributed by atoms with van der Waals surface area (Å²) in [6.07, 6.45) is 17.0. The maximum atomic E-state index is 12.4. The summed E-state index contributed by atoms with van der Waals surface area (Å²) in [7, 11) is 1.00. The van der Waals surface area contributed by atoms with Crippen molar-refractivity contribution in [1.82, 2.24) is 15.2 Å². The number of piperazine rings is 1. The van der Waals surface area contributed by atoms with E-state index in [4.69, 9.17) is 9.52 Å². The Bertz CT molecular complexity index is 894. The number of carbonyl (C=O) groups excluding carboxylic acids is 1. The largest absolute Gasteiger partial charge is 0.464 e. The van der Waals surface area contributed by atoms with Crippen molar-refractivity contribution >= 4 is 22.7 Å². The van der Waals surface area contributed by atoms with Crippen LogP contribution in [0.4, 0.5) is 5.82 Å². The lowest BCUT2D eigenvalue weighted by molar-refractivity contribution is -0.123. The zero-order valence-electron chi connectivity index (χ0n) is 21.5. The lowest BCUT2D eigenvalue weighted by Gasteiger charge is -2.37. The first-order valence-corrected chi connectivity index (χ1v) is 13.8. The van der Waals surface area contributed by atoms with Gasteiger partial charge in [0.2, 0.25) is 5.91 Å². The van der Waals surface area contributed by atoms with Gasteiger partial charge >= 0.3 is 0 Å². The molecule has 1 amide bonds. The molecule has 0 bridgehead atoms. The number of hydrogen-bond donors (Lipinski definition) is 2. The summed E-state index contributed by atoms with van der Waals surface area (Å²) < 4.78 is 5.54. The molecule has 0 spiro atoms. The summed E-state index contributed by atoms with van der Waals surface area (Å²) in [6.45, 7) is 5.44. The fraction of sp³-hybridized carbons (Fsp3) is 0.714. The number of anilines is 1. The Hall–Kier alpha value is -2.12. The van der Waals surface area contributed by atoms with Crippen LogP contribution in [-0.4, -0.2) is 66.8 Å². The van der Waals surface area contributed by atoms with E-state index in [1.807, 2.05) is 18.3 Å². The van der Waals surface area contributed by atoms with Gasteiger partial charge in [-0.05, 0) is 75.5 Å². The van der Waals surface area contributed by atoms with Gasteiger partial charge in [0.15, 0.2) is 0 Å². The summed E-state index contributed by atoms with van der Waals surface area (Å²) in [6, 6.07) is 4.38. The minimum atomic E-state index is 0.309. The molecule has 1 aliphatic heterocycles. The molecule has 0 unspecified atom stereocenters. The lowest BCUT2D eigenvalue weighted by atomic mass is 9.83. The average molecular weight is 485 g/mol. The van der Waals surface area contributed by atoms with E-state index in [1.165, 1.54) is 57.9 Å². The highest BCUT2D eigenvalue weighted by Gasteiger charge is 2.25. The number of fused-ring (bicyclic) bond motifs is 1. The SMILES string of the molecule is CO.O=C(CC1CCCCC1)NC1CCC(CCN2CCN(c3nccc4occc34)CC2)CC1. The van der Waals surface area contributed by atoms with E-state index >= 15 is 0 Å². The van der Waals surface area contributed by atoms with E-state index < -0.39 is 0 Å². The number of pyridine rings is 1. The maximum Gasteiger partial charge on any atom is 0.220 e. The number of amides is 1. The van der Waals surface area contributed by atoms with Crippen LogP contribution in [-0.2, 0) is 4.79 Å². The molecule has 7 nitrogen and oxygen atoms in total. The van der Waals surface area contributed by atoms with Crippen molar-refractivity contribution in [3.05, 3.63) is 24.6 Å². The number of aliphatic hydroxyl groups is 1. The third-order valence-corrected chi connectivity index (χ3v) is 8.29. The molecule has 0 aromatic carbocycles. The molecular weight excluding hydrogens is 440 g/mol. The van der Waals surface area contributed by atoms with Crippen LogP contribution in [0.15, 0.2) is 29.0 Å². The van der Waals surface area contributed by atoms with E-state index in [0.717, 1.165) is 75.3 Å². The van der Waals surface area contributed by atoms with E-state index in [2.05, 4.69) is 20.1 Å². The third-order valence-electron chi connectivity index (χ3n) is 8.29. The minimum Gasteiger partial charge on any atom is -0.464 e. The van der Waals surface area contributed by atoms with Gasteiger partial charge in [0.25, 0.3) is 0 Å². The van der Waals surface area contributed by atoms with E-state index in [-0.39, 0.29) is 0 Å². The van der Waals surface area contributed by atoms with Gasteiger partial charge in [0.1, 0.15) is 11.4 Å². The highest BCUT2D eigenvalue weighted by atomic mass is 16.3. The highest BCUT2D eigenvalue weighted by molar-refractivity contribution is 5.88. The molecule has 2 N–H and O–H groups in total. The van der Waals surface area contributed by atoms with Gasteiger partial charge in [-0.2, -0.15) is 0 Å². The fourth-order valence-electron chi connectivity index (χ4n) is 6.22. The molecule has 2 saturated carbocycles. The number of nitrogens with zero attached hydrogens (tertiary/aromatic N) is 3. The summed E-state index contributed by atoms with van der Waals surface area (Å²) in [5.41, 5.74) is 0.920. The monoisotopic (exact) mass is 484 g/mol. The number of carbonyl (C=O) groups is 1. The van der Waals surface area contributed by atoms with E-state index in [0.29, 0.717) is 17.9 Å². The predicted octanol–water partition coefficient (Wildman–Crippen LogP) is 4.59. The molecule has 1 saturated heterocycles. The number of hydrogen-bond acceptors (Lipinski definition) is 6. The molecule has 3 fully saturated rings. The van der Waals surface area contributed by atoms with Gasteiger partial charge in [0, 0.05) is 51.9 Å². The topological polar surface area (TPSA) is 81.8 Å². The van der Waals surface area contributed by atoms with Crippen LogP contribution in [0.5, 0.6) is 0 Å². The van der Waals surface area contributed by atoms with Gasteiger partial charge < -0.3 is 19.7 Å². The molecule has 2 aliphatic carbocycles. The van der Waals surface area contributed by atoms with Crippen LogP contribution in [0.3, 0.4) is 0 Å². The molecular formula is C28H44N4O3. The molecule has 35 heavy (non-hydrogen) atoms. The van der Waals surface area contributed by atoms with Gasteiger partial charge in [0.05, 0.1) is 11.6 Å². The second kappa shape index (κ2) is 13.3. The van der Waals surface area contributed by atoms with Crippen molar-refractivity contribution < 1.29 is 14.3 Å². The smallest absolute Gasteiger partial charge is 0.220 e. The number of nitrogens with one attached hydrogen (secondary N) is 1. The summed E-state index contributed by atoms with van der Waals surface area (Å²) in [5, 5.41) is 11.5. The summed E-state index contributed by atoms with van der Waals surface area (Å²) in [5.74, 6) is 2.82. The number of furan rings is 1. The van der Waals surface area contributed by atoms with Crippen molar-refractivity contribution in [2.24, 2.45) is 11.8 Å². The minimum absolute atomic E-state index is 0.309. The predicted molar refractivity (Wildman–Crippen MR) is 141 cm³/mol. The molecule has 0 radical (unpaired) electrons. The Labute approximate surface area is 210 Å². The highest BCUT2D eigenvalue weighted by Crippen LogP contribution is 2.30. The maximum absolute atomic E-state index is 12.4. The normalized spacial score (nSPS) is 24.1. The van der Waals surface area contributed by atoms with Crippen LogP contribution in [0.2, 0.25) is 0 Å². The second-order valence-corrected chi connectivity index (χ2v) is 10.6. The molecule has 194 valence electrons. The van der Waals surface area contributed by atoms with Crippen LogP contribution >= 0.6 is 0 Å². The van der Waals surface area contributed by atoms with Crippen LogP contribution < -0.4 is 10.2 Å². The summed E-state index contributed by atoms with van der Waals surface area (Å²) >= 11 is 0. The molecule has 0 atom stereocenters. The summed E-state index contributed by atoms with van der Waals surface area (Å²) in [4.78, 5) is 22.1. The van der Waals surface area contributed by atoms with Crippen molar-refractivity contribution in [2.75, 3.05) is 44.7 Å². The molecule has 7 heteroatoms. The lowest BCUT2D eigenvalue weighted by Crippen LogP contribution is -2.47. The first-order chi connectivity index (χ1) is 17.2. The van der Waals surface area contributed by atoms with Gasteiger partial charge in [-0.25, -0.2) is 4.98 Å². The molecule has 2 aromatic heterocycles. The van der Waals surface area contributed by atoms with E-state index in [9.17, 15) is 4.79 Å². The van der Waals surface area contributed by atoms with Crippen molar-refractivity contribution in [1.29, 1.82) is 0 Å². The average Bonchev–Trinajstić information content (AvgIpc) is 3.40. The van der Waals surface area contributed by atoms with Crippen LogP contribution in [0, 0.1) is 11.8 Å². The zero-order chi connectivity index (χ0) is 24.5. The second-order valence-electron chi connectivity index (χ2n) is 10.6. The Balaban J connectivity index is 0.00000141. The number of rotatable bonds is 7. The van der Waals surface area contributed by atoms with Gasteiger partial charge in [-0.3, -0.25) is 9.69 Å². The number of aliphatic hydroxyl groups excluding tert-OH is 1.